The summed E-state index contributed by atoms with van der Waals surface area (Å²) in [6.07, 6.45) is -2.77. The van der Waals surface area contributed by atoms with Crippen LogP contribution in [0.5, 0.6) is 5.75 Å². The molecule has 1 N–H and O–H groups in total. The largest absolute Gasteiger partial charge is 0.494 e. The van der Waals surface area contributed by atoms with Gasteiger partial charge < -0.3 is 9.84 Å². The molecule has 0 spiro atoms. The number of aliphatic hydroxyl groups is 1. The number of nitrogens with zero attached hydrogens (tertiary/aromatic N) is 1. The number of sulfone groups is 1. The SMILES string of the molecule is CC(C)(O)c1ccc(OCCCN(Cc2cccc(C(F)(F)F)c2)CC(C)(C)c2ccccc2)cc1S(C)(=O)=O. The Morgan fingerprint density at radius 2 is 1.52 bits per heavy atom. The van der Waals surface area contributed by atoms with Crippen molar-refractivity contribution >= 4 is 9.84 Å². The van der Waals surface area contributed by atoms with E-state index in [4.69, 9.17) is 4.74 Å². The van der Waals surface area contributed by atoms with Crippen LogP contribution in [-0.4, -0.2) is 44.4 Å². The number of halogens is 3. The lowest BCUT2D eigenvalue weighted by Gasteiger charge is -2.33. The predicted molar refractivity (Wildman–Crippen MR) is 151 cm³/mol. The third kappa shape index (κ3) is 8.81. The molecule has 0 fully saturated rings. The van der Waals surface area contributed by atoms with E-state index in [-0.39, 0.29) is 22.5 Å². The standard InChI is InChI=1S/C31H38F3NO4S/c1-29(2,24-12-7-6-8-13-24)22-35(21-23-11-9-14-25(19-23)31(32,33)34)17-10-18-39-26-15-16-27(30(3,4)36)28(20-26)40(5,37)38/h6-9,11-16,19-20,36H,10,17-18,21-22H2,1-5H3. The Bertz CT molecular complexity index is 1380. The first-order chi connectivity index (χ1) is 18.5. The molecule has 3 rings (SSSR count). The Labute approximate surface area is 235 Å². The molecular formula is C31H38F3NO4S. The number of ether oxygens (including phenoxy) is 1. The van der Waals surface area contributed by atoms with Crippen LogP contribution in [0.25, 0.3) is 0 Å². The van der Waals surface area contributed by atoms with Crippen LogP contribution in [0.15, 0.2) is 77.7 Å². The lowest BCUT2D eigenvalue weighted by atomic mass is 9.84. The molecule has 0 radical (unpaired) electrons. The van der Waals surface area contributed by atoms with Crippen molar-refractivity contribution in [3.63, 3.8) is 0 Å². The van der Waals surface area contributed by atoms with Crippen LogP contribution < -0.4 is 4.74 Å². The molecule has 0 saturated carbocycles. The van der Waals surface area contributed by atoms with Gasteiger partial charge in [-0.2, -0.15) is 13.2 Å². The quantitative estimate of drug-likeness (QED) is 0.246. The Balaban J connectivity index is 1.75. The van der Waals surface area contributed by atoms with Gasteiger partial charge in [-0.3, -0.25) is 4.90 Å². The maximum atomic E-state index is 13.3. The average molecular weight is 578 g/mol. The molecule has 0 aliphatic heterocycles. The van der Waals surface area contributed by atoms with Gasteiger partial charge in [-0.15, -0.1) is 0 Å². The van der Waals surface area contributed by atoms with E-state index >= 15 is 0 Å². The minimum absolute atomic E-state index is 0.00767. The Hall–Kier alpha value is -2.88. The molecule has 218 valence electrons. The minimum atomic E-state index is -4.41. The van der Waals surface area contributed by atoms with Gasteiger partial charge in [0.1, 0.15) is 5.75 Å². The molecule has 0 heterocycles. The number of hydrogen-bond acceptors (Lipinski definition) is 5. The second kappa shape index (κ2) is 12.3. The molecule has 40 heavy (non-hydrogen) atoms. The van der Waals surface area contributed by atoms with Gasteiger partial charge in [0, 0.05) is 36.9 Å². The fourth-order valence-corrected chi connectivity index (χ4v) is 5.79. The number of benzene rings is 3. The van der Waals surface area contributed by atoms with Crippen molar-refractivity contribution in [2.75, 3.05) is 26.0 Å². The summed E-state index contributed by atoms with van der Waals surface area (Å²) in [6.45, 7) is 9.01. The summed E-state index contributed by atoms with van der Waals surface area (Å²) < 4.78 is 70.5. The zero-order valence-corrected chi connectivity index (χ0v) is 24.4. The highest BCUT2D eigenvalue weighted by Crippen LogP contribution is 2.32. The minimum Gasteiger partial charge on any atom is -0.494 e. The smallest absolute Gasteiger partial charge is 0.416 e. The molecule has 5 nitrogen and oxygen atoms in total. The van der Waals surface area contributed by atoms with E-state index in [0.29, 0.717) is 37.4 Å². The van der Waals surface area contributed by atoms with Crippen LogP contribution in [0.4, 0.5) is 13.2 Å². The molecular weight excluding hydrogens is 539 g/mol. The molecule has 0 aliphatic rings. The first kappa shape index (κ1) is 31.6. The van der Waals surface area contributed by atoms with E-state index in [0.717, 1.165) is 17.9 Å². The fourth-order valence-electron chi connectivity index (χ4n) is 4.74. The summed E-state index contributed by atoms with van der Waals surface area (Å²) in [6, 6.07) is 20.0. The molecule has 0 atom stereocenters. The summed E-state index contributed by atoms with van der Waals surface area (Å²) in [5.41, 5.74) is -0.294. The molecule has 0 bridgehead atoms. The average Bonchev–Trinajstić information content (AvgIpc) is 2.85. The van der Waals surface area contributed by atoms with Gasteiger partial charge in [0.15, 0.2) is 9.84 Å². The van der Waals surface area contributed by atoms with Crippen molar-refractivity contribution in [3.8, 4) is 5.75 Å². The summed E-state index contributed by atoms with van der Waals surface area (Å²) >= 11 is 0. The van der Waals surface area contributed by atoms with E-state index in [2.05, 4.69) is 18.7 Å². The third-order valence-electron chi connectivity index (χ3n) is 6.73. The van der Waals surface area contributed by atoms with Gasteiger partial charge >= 0.3 is 6.18 Å². The van der Waals surface area contributed by atoms with Crippen molar-refractivity contribution in [1.29, 1.82) is 0 Å². The van der Waals surface area contributed by atoms with Crippen LogP contribution >= 0.6 is 0 Å². The number of hydrogen-bond donors (Lipinski definition) is 1. The fraction of sp³-hybridized carbons (Fsp3) is 0.419. The first-order valence-electron chi connectivity index (χ1n) is 13.1. The van der Waals surface area contributed by atoms with E-state index < -0.39 is 27.2 Å². The highest BCUT2D eigenvalue weighted by Gasteiger charge is 2.31. The number of rotatable bonds is 12. The summed E-state index contributed by atoms with van der Waals surface area (Å²) in [4.78, 5) is 2.12. The summed E-state index contributed by atoms with van der Waals surface area (Å²) in [7, 11) is -3.61. The van der Waals surface area contributed by atoms with Gasteiger partial charge in [-0.05, 0) is 49.6 Å². The zero-order valence-electron chi connectivity index (χ0n) is 23.6. The van der Waals surface area contributed by atoms with E-state index in [1.165, 1.54) is 32.0 Å². The van der Waals surface area contributed by atoms with Crippen LogP contribution in [0.2, 0.25) is 0 Å². The Kier molecular flexibility index (Phi) is 9.75. The highest BCUT2D eigenvalue weighted by molar-refractivity contribution is 7.90. The second-order valence-electron chi connectivity index (χ2n) is 11.3. The number of alkyl halides is 3. The van der Waals surface area contributed by atoms with Crippen LogP contribution in [0.1, 0.15) is 56.4 Å². The first-order valence-corrected chi connectivity index (χ1v) is 15.0. The molecule has 0 aliphatic carbocycles. The molecule has 0 aromatic heterocycles. The van der Waals surface area contributed by atoms with Gasteiger partial charge in [-0.1, -0.05) is 68.4 Å². The van der Waals surface area contributed by atoms with Crippen molar-refractivity contribution in [2.45, 2.75) is 62.7 Å². The Morgan fingerprint density at radius 3 is 2.12 bits per heavy atom. The van der Waals surface area contributed by atoms with Crippen molar-refractivity contribution in [2.24, 2.45) is 0 Å². The Morgan fingerprint density at radius 1 is 0.875 bits per heavy atom. The lowest BCUT2D eigenvalue weighted by Crippen LogP contribution is -2.37. The van der Waals surface area contributed by atoms with Gasteiger partial charge in [0.05, 0.1) is 22.7 Å². The molecule has 0 amide bonds. The second-order valence-corrected chi connectivity index (χ2v) is 13.3. The molecule has 0 unspecified atom stereocenters. The van der Waals surface area contributed by atoms with E-state index in [9.17, 15) is 26.7 Å². The summed E-state index contributed by atoms with van der Waals surface area (Å²) in [5.74, 6) is 0.363. The van der Waals surface area contributed by atoms with E-state index in [1.54, 1.807) is 18.2 Å². The van der Waals surface area contributed by atoms with Crippen LogP contribution in [-0.2, 0) is 33.6 Å². The van der Waals surface area contributed by atoms with Gasteiger partial charge in [0.2, 0.25) is 0 Å². The van der Waals surface area contributed by atoms with Crippen LogP contribution in [0, 0.1) is 0 Å². The summed E-state index contributed by atoms with van der Waals surface area (Å²) in [5, 5.41) is 10.4. The molecule has 3 aromatic rings. The third-order valence-corrected chi connectivity index (χ3v) is 7.87. The van der Waals surface area contributed by atoms with Crippen molar-refractivity contribution < 1.29 is 31.4 Å². The molecule has 9 heteroatoms. The maximum Gasteiger partial charge on any atom is 0.416 e. The van der Waals surface area contributed by atoms with Crippen molar-refractivity contribution in [1.82, 2.24) is 4.90 Å². The van der Waals surface area contributed by atoms with Crippen LogP contribution in [0.3, 0.4) is 0 Å². The predicted octanol–water partition coefficient (Wildman–Crippen LogP) is 6.59. The highest BCUT2D eigenvalue weighted by atomic mass is 32.2. The lowest BCUT2D eigenvalue weighted by molar-refractivity contribution is -0.137. The van der Waals surface area contributed by atoms with Crippen molar-refractivity contribution in [3.05, 3.63) is 95.1 Å². The van der Waals surface area contributed by atoms with Gasteiger partial charge in [-0.25, -0.2) is 8.42 Å². The zero-order chi connectivity index (χ0) is 29.8. The normalized spacial score (nSPS) is 13.1. The monoisotopic (exact) mass is 577 g/mol. The molecule has 3 aromatic carbocycles. The van der Waals surface area contributed by atoms with E-state index in [1.807, 2.05) is 30.3 Å². The van der Waals surface area contributed by atoms with Gasteiger partial charge in [0.25, 0.3) is 0 Å². The maximum absolute atomic E-state index is 13.3. The topological polar surface area (TPSA) is 66.8 Å². The molecule has 0 saturated heterocycles.